The van der Waals surface area contributed by atoms with Crippen LogP contribution in [0.25, 0.3) is 0 Å². The molecule has 0 fully saturated rings. The van der Waals surface area contributed by atoms with Crippen LogP contribution in [0.1, 0.15) is 38.0 Å². The Morgan fingerprint density at radius 3 is 2.26 bits per heavy atom. The van der Waals surface area contributed by atoms with Crippen LogP contribution in [0.3, 0.4) is 0 Å². The number of aryl methyl sites for hydroxylation is 1. The number of nitrogens with one attached hydrogen (secondary N) is 2. The fraction of sp³-hybridized carbons (Fsp3) is 0.115. The van der Waals surface area contributed by atoms with E-state index in [1.165, 1.54) is 4.88 Å². The number of hydrogen-bond acceptors (Lipinski definition) is 3. The van der Waals surface area contributed by atoms with Gasteiger partial charge in [-0.2, -0.15) is 0 Å². The van der Waals surface area contributed by atoms with Crippen LogP contribution in [-0.4, -0.2) is 5.91 Å². The molecule has 4 aromatic rings. The van der Waals surface area contributed by atoms with Gasteiger partial charge in [-0.15, -0.1) is 11.3 Å². The second kappa shape index (κ2) is 9.38. The highest BCUT2D eigenvalue weighted by molar-refractivity contribution is 7.16. The Kier molecular flexibility index (Phi) is 6.40. The van der Waals surface area contributed by atoms with Crippen LogP contribution in [0.2, 0.25) is 5.02 Å². The number of rotatable bonds is 6. The van der Waals surface area contributed by atoms with E-state index < -0.39 is 0 Å². The molecule has 1 amide bonds. The molecule has 0 aliphatic heterocycles. The molecule has 0 saturated heterocycles. The van der Waals surface area contributed by atoms with Gasteiger partial charge in [0, 0.05) is 26.7 Å². The highest BCUT2D eigenvalue weighted by Crippen LogP contribution is 2.41. The van der Waals surface area contributed by atoms with Gasteiger partial charge in [0.05, 0.1) is 6.04 Å². The molecule has 0 bridgehead atoms. The number of carbonyl (C=O) groups excluding carboxylic acids is 1. The lowest BCUT2D eigenvalue weighted by Gasteiger charge is -2.23. The number of amides is 1. The average molecular weight is 447 g/mol. The van der Waals surface area contributed by atoms with Crippen molar-refractivity contribution in [2.24, 2.45) is 0 Å². The van der Waals surface area contributed by atoms with Crippen molar-refractivity contribution in [2.75, 3.05) is 10.6 Å². The molecule has 2 N–H and O–H groups in total. The number of thiophene rings is 1. The fourth-order valence-electron chi connectivity index (χ4n) is 3.56. The van der Waals surface area contributed by atoms with Crippen molar-refractivity contribution in [1.82, 2.24) is 0 Å². The summed E-state index contributed by atoms with van der Waals surface area (Å²) in [6, 6.07) is 27.0. The molecule has 0 radical (unpaired) electrons. The third-order valence-electron chi connectivity index (χ3n) is 5.25. The van der Waals surface area contributed by atoms with Gasteiger partial charge in [-0.25, -0.2) is 0 Å². The summed E-state index contributed by atoms with van der Waals surface area (Å²) >= 11 is 7.93. The van der Waals surface area contributed by atoms with Gasteiger partial charge in [-0.1, -0.05) is 60.1 Å². The molecular weight excluding hydrogens is 424 g/mol. The molecule has 156 valence electrons. The Morgan fingerprint density at radius 2 is 1.58 bits per heavy atom. The first-order valence-corrected chi connectivity index (χ1v) is 11.3. The highest BCUT2D eigenvalue weighted by Gasteiger charge is 2.25. The van der Waals surface area contributed by atoms with Crippen LogP contribution in [0.5, 0.6) is 0 Å². The van der Waals surface area contributed by atoms with Crippen LogP contribution < -0.4 is 10.6 Å². The molecule has 0 unspecified atom stereocenters. The maximum atomic E-state index is 12.9. The first kappa shape index (κ1) is 21.2. The largest absolute Gasteiger partial charge is 0.374 e. The smallest absolute Gasteiger partial charge is 0.256 e. The summed E-state index contributed by atoms with van der Waals surface area (Å²) in [6.45, 7) is 4.18. The molecule has 0 saturated carbocycles. The van der Waals surface area contributed by atoms with E-state index >= 15 is 0 Å². The molecule has 31 heavy (non-hydrogen) atoms. The standard InChI is InChI=1S/C26H23ClN2OS/c1-17-18(2)31-26(29-25(30)19-10-5-3-6-11-19)23(17)24(20-12-9-13-21(27)16-20)28-22-14-7-4-8-15-22/h3-16,24,28H,1-2H3,(H,29,30)/t24-/m0/s1. The van der Waals surface area contributed by atoms with Crippen molar-refractivity contribution in [1.29, 1.82) is 0 Å². The van der Waals surface area contributed by atoms with Crippen LogP contribution in [-0.2, 0) is 0 Å². The molecule has 1 aromatic heterocycles. The van der Waals surface area contributed by atoms with Crippen molar-refractivity contribution in [3.63, 3.8) is 0 Å². The van der Waals surface area contributed by atoms with E-state index in [1.54, 1.807) is 11.3 Å². The Labute approximate surface area is 191 Å². The normalized spacial score (nSPS) is 11.7. The Hall–Kier alpha value is -3.08. The highest BCUT2D eigenvalue weighted by atomic mass is 35.5. The van der Waals surface area contributed by atoms with Gasteiger partial charge in [0.15, 0.2) is 0 Å². The number of hydrogen-bond donors (Lipinski definition) is 2. The Bertz CT molecular complexity index is 1190. The minimum absolute atomic E-state index is 0.118. The number of benzene rings is 3. The molecule has 0 aliphatic carbocycles. The predicted molar refractivity (Wildman–Crippen MR) is 132 cm³/mol. The summed E-state index contributed by atoms with van der Waals surface area (Å²) in [7, 11) is 0. The average Bonchev–Trinajstić information content (AvgIpc) is 3.06. The lowest BCUT2D eigenvalue weighted by Crippen LogP contribution is -2.17. The van der Waals surface area contributed by atoms with Gasteiger partial charge < -0.3 is 10.6 Å². The van der Waals surface area contributed by atoms with Gasteiger partial charge in [-0.3, -0.25) is 4.79 Å². The van der Waals surface area contributed by atoms with Gasteiger partial charge in [-0.05, 0) is 61.4 Å². The maximum Gasteiger partial charge on any atom is 0.256 e. The summed E-state index contributed by atoms with van der Waals surface area (Å²) in [4.78, 5) is 14.1. The summed E-state index contributed by atoms with van der Waals surface area (Å²) < 4.78 is 0. The molecule has 1 heterocycles. The fourth-order valence-corrected chi connectivity index (χ4v) is 4.85. The van der Waals surface area contributed by atoms with E-state index in [-0.39, 0.29) is 11.9 Å². The third kappa shape index (κ3) is 4.82. The van der Waals surface area contributed by atoms with E-state index in [9.17, 15) is 4.79 Å². The second-order valence-electron chi connectivity index (χ2n) is 7.34. The molecule has 4 rings (SSSR count). The van der Waals surface area contributed by atoms with E-state index in [1.807, 2.05) is 78.9 Å². The Balaban J connectivity index is 1.78. The number of carbonyl (C=O) groups is 1. The number of anilines is 2. The monoisotopic (exact) mass is 446 g/mol. The second-order valence-corrected chi connectivity index (χ2v) is 9.01. The van der Waals surface area contributed by atoms with Crippen LogP contribution in [0.4, 0.5) is 10.7 Å². The first-order chi connectivity index (χ1) is 15.0. The minimum atomic E-state index is -0.169. The summed E-state index contributed by atoms with van der Waals surface area (Å²) in [5.74, 6) is -0.118. The lowest BCUT2D eigenvalue weighted by molar-refractivity contribution is 0.102. The molecular formula is C26H23ClN2OS. The minimum Gasteiger partial charge on any atom is -0.374 e. The van der Waals surface area contributed by atoms with Crippen LogP contribution in [0, 0.1) is 13.8 Å². The molecule has 1 atom stereocenters. The van der Waals surface area contributed by atoms with E-state index in [0.29, 0.717) is 10.6 Å². The third-order valence-corrected chi connectivity index (χ3v) is 6.62. The lowest BCUT2D eigenvalue weighted by atomic mass is 9.96. The van der Waals surface area contributed by atoms with Crippen LogP contribution in [0.15, 0.2) is 84.9 Å². The maximum absolute atomic E-state index is 12.9. The number of para-hydroxylation sites is 1. The van der Waals surface area contributed by atoms with Gasteiger partial charge in [0.2, 0.25) is 0 Å². The zero-order valence-electron chi connectivity index (χ0n) is 17.4. The molecule has 5 heteroatoms. The topological polar surface area (TPSA) is 41.1 Å². The van der Waals surface area contributed by atoms with E-state index in [0.717, 1.165) is 27.4 Å². The zero-order valence-corrected chi connectivity index (χ0v) is 18.9. The van der Waals surface area contributed by atoms with Crippen LogP contribution >= 0.6 is 22.9 Å². The van der Waals surface area contributed by atoms with E-state index in [2.05, 4.69) is 30.5 Å². The van der Waals surface area contributed by atoms with Crippen molar-refractivity contribution in [3.8, 4) is 0 Å². The van der Waals surface area contributed by atoms with Gasteiger partial charge >= 0.3 is 0 Å². The van der Waals surface area contributed by atoms with Crippen molar-refractivity contribution in [2.45, 2.75) is 19.9 Å². The predicted octanol–water partition coefficient (Wildman–Crippen LogP) is 7.47. The number of halogens is 1. The van der Waals surface area contributed by atoms with Gasteiger partial charge in [0.25, 0.3) is 5.91 Å². The molecule has 3 aromatic carbocycles. The first-order valence-electron chi connectivity index (χ1n) is 10.1. The summed E-state index contributed by atoms with van der Waals surface area (Å²) in [5, 5.41) is 8.31. The van der Waals surface area contributed by atoms with Gasteiger partial charge in [0.1, 0.15) is 5.00 Å². The Morgan fingerprint density at radius 1 is 0.903 bits per heavy atom. The summed E-state index contributed by atoms with van der Waals surface area (Å²) in [5.41, 5.74) is 4.87. The van der Waals surface area contributed by atoms with E-state index in [4.69, 9.17) is 11.6 Å². The molecule has 0 aliphatic rings. The summed E-state index contributed by atoms with van der Waals surface area (Å²) in [6.07, 6.45) is 0. The van der Waals surface area contributed by atoms with Crippen molar-refractivity contribution < 1.29 is 4.79 Å². The van der Waals surface area contributed by atoms with Crippen molar-refractivity contribution in [3.05, 3.63) is 117 Å². The molecule has 0 spiro atoms. The quantitative estimate of drug-likeness (QED) is 0.322. The van der Waals surface area contributed by atoms with Crippen molar-refractivity contribution >= 4 is 39.5 Å². The zero-order chi connectivity index (χ0) is 21.8. The SMILES string of the molecule is Cc1sc(NC(=O)c2ccccc2)c([C@@H](Nc2ccccc2)c2cccc(Cl)c2)c1C. The molecule has 3 nitrogen and oxygen atoms in total.